The SMILES string of the molecule is COc1cccc(OC)c1-c1nccn1Cc1ccccc1O. The van der Waals surface area contributed by atoms with Crippen LogP contribution in [0.15, 0.2) is 54.9 Å². The molecule has 0 fully saturated rings. The first-order valence-corrected chi connectivity index (χ1v) is 7.24. The lowest BCUT2D eigenvalue weighted by atomic mass is 10.1. The molecule has 0 amide bonds. The number of hydrogen-bond donors (Lipinski definition) is 1. The molecule has 0 saturated carbocycles. The fourth-order valence-corrected chi connectivity index (χ4v) is 2.56. The van der Waals surface area contributed by atoms with E-state index in [1.165, 1.54) is 0 Å². The number of ether oxygens (including phenoxy) is 2. The van der Waals surface area contributed by atoms with Crippen LogP contribution < -0.4 is 9.47 Å². The molecule has 5 heteroatoms. The monoisotopic (exact) mass is 310 g/mol. The average molecular weight is 310 g/mol. The summed E-state index contributed by atoms with van der Waals surface area (Å²) in [6.07, 6.45) is 3.59. The van der Waals surface area contributed by atoms with Crippen LogP contribution in [0.2, 0.25) is 0 Å². The van der Waals surface area contributed by atoms with Gasteiger partial charge in [-0.15, -0.1) is 0 Å². The van der Waals surface area contributed by atoms with Gasteiger partial charge in [-0.2, -0.15) is 0 Å². The fourth-order valence-electron chi connectivity index (χ4n) is 2.56. The summed E-state index contributed by atoms with van der Waals surface area (Å²) in [4.78, 5) is 4.45. The molecule has 2 aromatic carbocycles. The van der Waals surface area contributed by atoms with Crippen molar-refractivity contribution >= 4 is 0 Å². The normalized spacial score (nSPS) is 10.5. The molecule has 0 saturated heterocycles. The summed E-state index contributed by atoms with van der Waals surface area (Å²) in [5.41, 5.74) is 1.61. The third kappa shape index (κ3) is 2.85. The molecule has 0 radical (unpaired) electrons. The largest absolute Gasteiger partial charge is 0.508 e. The highest BCUT2D eigenvalue weighted by Crippen LogP contribution is 2.37. The van der Waals surface area contributed by atoms with Crippen LogP contribution in [-0.2, 0) is 6.54 Å². The van der Waals surface area contributed by atoms with Crippen molar-refractivity contribution in [1.29, 1.82) is 0 Å². The zero-order chi connectivity index (χ0) is 16.2. The fraction of sp³-hybridized carbons (Fsp3) is 0.167. The zero-order valence-electron chi connectivity index (χ0n) is 13.1. The van der Waals surface area contributed by atoms with Crippen molar-refractivity contribution < 1.29 is 14.6 Å². The van der Waals surface area contributed by atoms with E-state index in [2.05, 4.69) is 4.98 Å². The third-order valence-electron chi connectivity index (χ3n) is 3.70. The second-order valence-electron chi connectivity index (χ2n) is 5.04. The van der Waals surface area contributed by atoms with Crippen molar-refractivity contribution in [1.82, 2.24) is 9.55 Å². The lowest BCUT2D eigenvalue weighted by molar-refractivity contribution is 0.396. The number of phenolic OH excluding ortho intramolecular Hbond substituents is 1. The Hall–Kier alpha value is -2.95. The Morgan fingerprint density at radius 2 is 1.70 bits per heavy atom. The minimum absolute atomic E-state index is 0.263. The summed E-state index contributed by atoms with van der Waals surface area (Å²) in [7, 11) is 3.24. The van der Waals surface area contributed by atoms with E-state index in [9.17, 15) is 5.11 Å². The molecule has 5 nitrogen and oxygen atoms in total. The van der Waals surface area contributed by atoms with Gasteiger partial charge < -0.3 is 19.1 Å². The predicted molar refractivity (Wildman–Crippen MR) is 88.0 cm³/mol. The quantitative estimate of drug-likeness (QED) is 0.785. The Bertz CT molecular complexity index is 789. The Kier molecular flexibility index (Phi) is 4.19. The summed E-state index contributed by atoms with van der Waals surface area (Å²) in [5, 5.41) is 9.99. The number of phenols is 1. The molecule has 0 bridgehead atoms. The first kappa shape index (κ1) is 15.0. The topological polar surface area (TPSA) is 56.5 Å². The highest BCUT2D eigenvalue weighted by atomic mass is 16.5. The van der Waals surface area contributed by atoms with Crippen LogP contribution in [0.3, 0.4) is 0 Å². The Morgan fingerprint density at radius 3 is 2.35 bits per heavy atom. The van der Waals surface area contributed by atoms with Gasteiger partial charge in [0.1, 0.15) is 28.6 Å². The Morgan fingerprint density at radius 1 is 1.00 bits per heavy atom. The van der Waals surface area contributed by atoms with Crippen molar-refractivity contribution in [2.45, 2.75) is 6.54 Å². The number of rotatable bonds is 5. The van der Waals surface area contributed by atoms with Crippen LogP contribution in [0.25, 0.3) is 11.4 Å². The van der Waals surface area contributed by atoms with Crippen molar-refractivity contribution in [3.05, 3.63) is 60.4 Å². The van der Waals surface area contributed by atoms with Gasteiger partial charge in [0.2, 0.25) is 0 Å². The summed E-state index contributed by atoms with van der Waals surface area (Å²) < 4.78 is 12.9. The molecule has 0 aliphatic rings. The Labute approximate surface area is 134 Å². The van der Waals surface area contributed by atoms with E-state index in [-0.39, 0.29) is 5.75 Å². The minimum Gasteiger partial charge on any atom is -0.508 e. The van der Waals surface area contributed by atoms with Gasteiger partial charge in [-0.05, 0) is 18.2 Å². The lowest BCUT2D eigenvalue weighted by Gasteiger charge is -2.15. The molecule has 0 aliphatic carbocycles. The molecule has 0 unspecified atom stereocenters. The first-order valence-electron chi connectivity index (χ1n) is 7.24. The van der Waals surface area contributed by atoms with Gasteiger partial charge in [0, 0.05) is 18.0 Å². The third-order valence-corrected chi connectivity index (χ3v) is 3.70. The zero-order valence-corrected chi connectivity index (χ0v) is 13.1. The first-order chi connectivity index (χ1) is 11.2. The van der Waals surface area contributed by atoms with Gasteiger partial charge in [0.15, 0.2) is 0 Å². The maximum Gasteiger partial charge on any atom is 0.147 e. The van der Waals surface area contributed by atoms with E-state index in [1.807, 2.05) is 41.1 Å². The second kappa shape index (κ2) is 6.44. The van der Waals surface area contributed by atoms with Crippen LogP contribution in [0, 0.1) is 0 Å². The maximum atomic E-state index is 9.99. The molecule has 0 spiro atoms. The van der Waals surface area contributed by atoms with Crippen LogP contribution in [0.5, 0.6) is 17.2 Å². The van der Waals surface area contributed by atoms with E-state index in [0.29, 0.717) is 18.0 Å². The number of methoxy groups -OCH3 is 2. The van der Waals surface area contributed by atoms with Crippen LogP contribution in [0.4, 0.5) is 0 Å². The predicted octanol–water partition coefficient (Wildman–Crippen LogP) is 3.32. The van der Waals surface area contributed by atoms with Crippen LogP contribution in [0.1, 0.15) is 5.56 Å². The summed E-state index contributed by atoms with van der Waals surface area (Å²) in [6, 6.07) is 12.9. The minimum atomic E-state index is 0.263. The van der Waals surface area contributed by atoms with Crippen molar-refractivity contribution in [2.24, 2.45) is 0 Å². The smallest absolute Gasteiger partial charge is 0.147 e. The van der Waals surface area contributed by atoms with Gasteiger partial charge in [-0.3, -0.25) is 0 Å². The summed E-state index contributed by atoms with van der Waals surface area (Å²) in [5.74, 6) is 2.37. The number of hydrogen-bond acceptors (Lipinski definition) is 4. The molecule has 23 heavy (non-hydrogen) atoms. The number of imidazole rings is 1. The number of nitrogens with zero attached hydrogens (tertiary/aromatic N) is 2. The maximum absolute atomic E-state index is 9.99. The molecular formula is C18H18N2O3. The number of aromatic nitrogens is 2. The van der Waals surface area contributed by atoms with Crippen molar-refractivity contribution in [3.63, 3.8) is 0 Å². The molecule has 0 atom stereocenters. The molecule has 3 aromatic rings. The second-order valence-corrected chi connectivity index (χ2v) is 5.04. The molecule has 1 aromatic heterocycles. The number of aromatic hydroxyl groups is 1. The van der Waals surface area contributed by atoms with Crippen LogP contribution >= 0.6 is 0 Å². The van der Waals surface area contributed by atoms with Gasteiger partial charge >= 0.3 is 0 Å². The van der Waals surface area contributed by atoms with Crippen molar-refractivity contribution in [2.75, 3.05) is 14.2 Å². The molecule has 118 valence electrons. The van der Waals surface area contributed by atoms with Gasteiger partial charge in [-0.25, -0.2) is 4.98 Å². The molecule has 0 aliphatic heterocycles. The molecular weight excluding hydrogens is 292 g/mol. The van der Waals surface area contributed by atoms with Gasteiger partial charge in [0.25, 0.3) is 0 Å². The van der Waals surface area contributed by atoms with Crippen molar-refractivity contribution in [3.8, 4) is 28.6 Å². The summed E-state index contributed by atoms with van der Waals surface area (Å²) in [6.45, 7) is 0.503. The average Bonchev–Trinajstić information content (AvgIpc) is 3.03. The molecule has 1 N–H and O–H groups in total. The Balaban J connectivity index is 2.07. The highest BCUT2D eigenvalue weighted by molar-refractivity contribution is 5.72. The van der Waals surface area contributed by atoms with Gasteiger partial charge in [-0.1, -0.05) is 24.3 Å². The standard InChI is InChI=1S/C18H18N2O3/c1-22-15-8-5-9-16(23-2)17(15)18-19-10-11-20(18)12-13-6-3-4-7-14(13)21/h3-11,21H,12H2,1-2H3. The van der Waals surface area contributed by atoms with E-state index in [4.69, 9.17) is 9.47 Å². The lowest BCUT2D eigenvalue weighted by Crippen LogP contribution is -2.03. The molecule has 3 rings (SSSR count). The van der Waals surface area contributed by atoms with E-state index in [0.717, 1.165) is 17.0 Å². The van der Waals surface area contributed by atoms with E-state index >= 15 is 0 Å². The summed E-state index contributed by atoms with van der Waals surface area (Å²) >= 11 is 0. The van der Waals surface area contributed by atoms with Crippen LogP contribution in [-0.4, -0.2) is 28.9 Å². The van der Waals surface area contributed by atoms with E-state index in [1.54, 1.807) is 32.5 Å². The highest BCUT2D eigenvalue weighted by Gasteiger charge is 2.17. The van der Waals surface area contributed by atoms with Gasteiger partial charge in [0.05, 0.1) is 20.8 Å². The molecule has 1 heterocycles. The number of benzene rings is 2. The number of para-hydroxylation sites is 1. The van der Waals surface area contributed by atoms with E-state index < -0.39 is 0 Å².